The van der Waals surface area contributed by atoms with Crippen molar-refractivity contribution in [2.24, 2.45) is 0 Å². The fourth-order valence-corrected chi connectivity index (χ4v) is 2.03. The number of hydrogen-bond donors (Lipinski definition) is 2. The summed E-state index contributed by atoms with van der Waals surface area (Å²) in [5.74, 6) is -0.852. The van der Waals surface area contributed by atoms with Gasteiger partial charge in [0.15, 0.2) is 0 Å². The molecule has 0 bridgehead atoms. The summed E-state index contributed by atoms with van der Waals surface area (Å²) in [5.41, 5.74) is 0.931. The van der Waals surface area contributed by atoms with Gasteiger partial charge in [0.05, 0.1) is 4.92 Å². The van der Waals surface area contributed by atoms with Crippen LogP contribution in [0.15, 0.2) is 24.3 Å². The Morgan fingerprint density at radius 3 is 2.47 bits per heavy atom. The van der Waals surface area contributed by atoms with Gasteiger partial charge in [-0.25, -0.2) is 0 Å². The van der Waals surface area contributed by atoms with E-state index in [0.29, 0.717) is 6.42 Å². The first-order valence-electron chi connectivity index (χ1n) is 5.31. The first kappa shape index (κ1) is 11.5. The summed E-state index contributed by atoms with van der Waals surface area (Å²) in [5, 5.41) is 22.3. The summed E-state index contributed by atoms with van der Waals surface area (Å²) in [7, 11) is 0. The molecule has 1 aliphatic heterocycles. The molecule has 90 valence electrons. The van der Waals surface area contributed by atoms with E-state index in [-0.39, 0.29) is 11.7 Å². The third kappa shape index (κ3) is 2.42. The molecule has 6 heteroatoms. The lowest BCUT2D eigenvalue weighted by molar-refractivity contribution is -0.384. The topological polar surface area (TPSA) is 92.5 Å². The van der Waals surface area contributed by atoms with Gasteiger partial charge in [0.1, 0.15) is 6.04 Å². The fourth-order valence-electron chi connectivity index (χ4n) is 2.03. The van der Waals surface area contributed by atoms with Gasteiger partial charge in [0.2, 0.25) is 0 Å². The third-order valence-corrected chi connectivity index (χ3v) is 2.95. The van der Waals surface area contributed by atoms with Crippen LogP contribution in [0.25, 0.3) is 0 Å². The Hall–Kier alpha value is -1.95. The van der Waals surface area contributed by atoms with E-state index in [1.54, 1.807) is 12.1 Å². The number of hydrogen-bond acceptors (Lipinski definition) is 4. The molecule has 0 aliphatic carbocycles. The molecule has 1 aliphatic rings. The SMILES string of the molecule is O=C(O)C1CCC(c2ccc([N+](=O)[O-])cc2)N1. The van der Waals surface area contributed by atoms with Gasteiger partial charge in [0.25, 0.3) is 5.69 Å². The molecule has 6 nitrogen and oxygen atoms in total. The third-order valence-electron chi connectivity index (χ3n) is 2.95. The highest BCUT2D eigenvalue weighted by atomic mass is 16.6. The van der Waals surface area contributed by atoms with Crippen LogP contribution in [0.5, 0.6) is 0 Å². The van der Waals surface area contributed by atoms with Crippen LogP contribution >= 0.6 is 0 Å². The van der Waals surface area contributed by atoms with Crippen LogP contribution in [-0.2, 0) is 4.79 Å². The van der Waals surface area contributed by atoms with Crippen molar-refractivity contribution in [3.63, 3.8) is 0 Å². The molecule has 1 saturated heterocycles. The van der Waals surface area contributed by atoms with Crippen LogP contribution in [-0.4, -0.2) is 22.0 Å². The highest BCUT2D eigenvalue weighted by molar-refractivity contribution is 5.73. The molecule has 0 saturated carbocycles. The second-order valence-corrected chi connectivity index (χ2v) is 4.04. The Balaban J connectivity index is 2.09. The minimum absolute atomic E-state index is 0.0306. The molecule has 1 aromatic carbocycles. The predicted molar refractivity (Wildman–Crippen MR) is 59.6 cm³/mol. The number of nitrogens with zero attached hydrogens (tertiary/aromatic N) is 1. The summed E-state index contributed by atoms with van der Waals surface area (Å²) < 4.78 is 0. The molecule has 2 N–H and O–H groups in total. The Bertz CT molecular complexity index is 443. The molecule has 0 spiro atoms. The average molecular weight is 236 g/mol. The standard InChI is InChI=1S/C11H12N2O4/c14-11(15)10-6-5-9(12-10)7-1-3-8(4-2-7)13(16)17/h1-4,9-10,12H,5-6H2,(H,14,15). The van der Waals surface area contributed by atoms with Crippen molar-refractivity contribution < 1.29 is 14.8 Å². The van der Waals surface area contributed by atoms with Crippen molar-refractivity contribution in [3.8, 4) is 0 Å². The second kappa shape index (κ2) is 4.50. The van der Waals surface area contributed by atoms with Gasteiger partial charge in [-0.1, -0.05) is 12.1 Å². The summed E-state index contributed by atoms with van der Waals surface area (Å²) in [6, 6.07) is 5.66. The molecule has 17 heavy (non-hydrogen) atoms. The van der Waals surface area contributed by atoms with Gasteiger partial charge < -0.3 is 5.11 Å². The van der Waals surface area contributed by atoms with E-state index >= 15 is 0 Å². The zero-order chi connectivity index (χ0) is 12.4. The van der Waals surface area contributed by atoms with E-state index in [4.69, 9.17) is 5.11 Å². The number of nitro benzene ring substituents is 1. The van der Waals surface area contributed by atoms with Crippen LogP contribution in [0.2, 0.25) is 0 Å². The Morgan fingerprint density at radius 2 is 2.00 bits per heavy atom. The molecular weight excluding hydrogens is 224 g/mol. The number of nitro groups is 1. The molecule has 1 aromatic rings. The number of carboxylic acids is 1. The summed E-state index contributed by atoms with van der Waals surface area (Å²) in [4.78, 5) is 20.8. The van der Waals surface area contributed by atoms with E-state index in [1.165, 1.54) is 12.1 Å². The van der Waals surface area contributed by atoms with Crippen molar-refractivity contribution in [2.75, 3.05) is 0 Å². The molecule has 2 unspecified atom stereocenters. The first-order valence-corrected chi connectivity index (χ1v) is 5.31. The molecule has 2 atom stereocenters. The predicted octanol–water partition coefficient (Wildman–Crippen LogP) is 1.47. The number of rotatable bonds is 3. The first-order chi connectivity index (χ1) is 8.08. The molecule has 0 aromatic heterocycles. The highest BCUT2D eigenvalue weighted by Gasteiger charge is 2.29. The van der Waals surface area contributed by atoms with Gasteiger partial charge in [-0.15, -0.1) is 0 Å². The summed E-state index contributed by atoms with van der Waals surface area (Å²) in [6.45, 7) is 0. The summed E-state index contributed by atoms with van der Waals surface area (Å²) >= 11 is 0. The molecule has 1 heterocycles. The van der Waals surface area contributed by atoms with Crippen LogP contribution < -0.4 is 5.32 Å². The number of carbonyl (C=O) groups is 1. The van der Waals surface area contributed by atoms with Crippen LogP contribution in [0.1, 0.15) is 24.4 Å². The van der Waals surface area contributed by atoms with E-state index < -0.39 is 16.9 Å². The van der Waals surface area contributed by atoms with Crippen molar-refractivity contribution in [3.05, 3.63) is 39.9 Å². The maximum Gasteiger partial charge on any atom is 0.320 e. The van der Waals surface area contributed by atoms with Crippen molar-refractivity contribution in [1.29, 1.82) is 0 Å². The number of carboxylic acid groups (broad SMARTS) is 1. The molecular formula is C11H12N2O4. The van der Waals surface area contributed by atoms with Crippen LogP contribution in [0, 0.1) is 10.1 Å². The number of benzene rings is 1. The zero-order valence-corrected chi connectivity index (χ0v) is 9.00. The monoisotopic (exact) mass is 236 g/mol. The largest absolute Gasteiger partial charge is 0.480 e. The van der Waals surface area contributed by atoms with E-state index in [1.807, 2.05) is 0 Å². The number of nitrogens with one attached hydrogen (secondary N) is 1. The molecule has 2 rings (SSSR count). The van der Waals surface area contributed by atoms with E-state index in [0.717, 1.165) is 12.0 Å². The molecule has 0 amide bonds. The van der Waals surface area contributed by atoms with Crippen molar-refractivity contribution >= 4 is 11.7 Å². The van der Waals surface area contributed by atoms with Crippen molar-refractivity contribution in [2.45, 2.75) is 24.9 Å². The maximum absolute atomic E-state index is 10.8. The van der Waals surface area contributed by atoms with Gasteiger partial charge in [-0.05, 0) is 18.4 Å². The number of aliphatic carboxylic acids is 1. The summed E-state index contributed by atoms with van der Waals surface area (Å²) in [6.07, 6.45) is 1.31. The van der Waals surface area contributed by atoms with Gasteiger partial charge in [0, 0.05) is 18.2 Å². The lowest BCUT2D eigenvalue weighted by Crippen LogP contribution is -2.31. The Kier molecular flexibility index (Phi) is 3.06. The lowest BCUT2D eigenvalue weighted by Gasteiger charge is -2.11. The Morgan fingerprint density at radius 1 is 1.35 bits per heavy atom. The highest BCUT2D eigenvalue weighted by Crippen LogP contribution is 2.27. The van der Waals surface area contributed by atoms with Gasteiger partial charge in [-0.2, -0.15) is 0 Å². The zero-order valence-electron chi connectivity index (χ0n) is 9.00. The quantitative estimate of drug-likeness (QED) is 0.612. The Labute approximate surface area is 97.4 Å². The maximum atomic E-state index is 10.8. The second-order valence-electron chi connectivity index (χ2n) is 4.04. The van der Waals surface area contributed by atoms with Gasteiger partial charge in [-0.3, -0.25) is 20.2 Å². The minimum Gasteiger partial charge on any atom is -0.480 e. The molecule has 1 fully saturated rings. The normalized spacial score (nSPS) is 23.5. The minimum atomic E-state index is -0.852. The lowest BCUT2D eigenvalue weighted by atomic mass is 10.1. The fraction of sp³-hybridized carbons (Fsp3) is 0.364. The van der Waals surface area contributed by atoms with Gasteiger partial charge >= 0.3 is 5.97 Å². The van der Waals surface area contributed by atoms with E-state index in [9.17, 15) is 14.9 Å². The van der Waals surface area contributed by atoms with Crippen LogP contribution in [0.4, 0.5) is 5.69 Å². The number of non-ortho nitro benzene ring substituents is 1. The smallest absolute Gasteiger partial charge is 0.320 e. The van der Waals surface area contributed by atoms with Crippen LogP contribution in [0.3, 0.4) is 0 Å². The average Bonchev–Trinajstić information content (AvgIpc) is 2.78. The van der Waals surface area contributed by atoms with E-state index in [2.05, 4.69) is 5.32 Å². The molecule has 0 radical (unpaired) electrons. The van der Waals surface area contributed by atoms with Crippen molar-refractivity contribution in [1.82, 2.24) is 5.32 Å².